The van der Waals surface area contributed by atoms with Gasteiger partial charge in [-0.15, -0.1) is 12.4 Å². The van der Waals surface area contributed by atoms with Crippen molar-refractivity contribution in [1.29, 1.82) is 0 Å². The number of anilines is 1. The number of thiocarbonyl (C=S) groups is 1. The van der Waals surface area contributed by atoms with Gasteiger partial charge in [-0.3, -0.25) is 0 Å². The van der Waals surface area contributed by atoms with Gasteiger partial charge in [-0.2, -0.15) is 0 Å². The number of aromatic nitrogens is 2. The minimum Gasteiger partial charge on any atom is -0.493 e. The standard InChI is InChI=1S/C15H18N4O3S.ClH/c1-21-12-7-10-11(8-13(12)22-2)16-9-17-14(10)18-3-5-19(6-4-18)15(20)23;/h7-9H,3-6H2,1-2H3,(H,20,23);1H. The maximum absolute atomic E-state index is 9.41. The monoisotopic (exact) mass is 370 g/mol. The van der Waals surface area contributed by atoms with Crippen LogP contribution in [0.5, 0.6) is 11.5 Å². The molecule has 0 spiro atoms. The van der Waals surface area contributed by atoms with E-state index in [1.165, 1.54) is 0 Å². The van der Waals surface area contributed by atoms with Crippen LogP contribution in [0.2, 0.25) is 0 Å². The number of halogens is 1. The molecule has 0 radical (unpaired) electrons. The van der Waals surface area contributed by atoms with E-state index in [2.05, 4.69) is 14.9 Å². The summed E-state index contributed by atoms with van der Waals surface area (Å²) in [6, 6.07) is 3.74. The molecule has 1 fully saturated rings. The SMILES string of the molecule is COc1cc2ncnc(N3CCN(C(O)=S)CC3)c2cc1OC.Cl. The van der Waals surface area contributed by atoms with Crippen LogP contribution in [0, 0.1) is 0 Å². The van der Waals surface area contributed by atoms with Crippen LogP contribution in [0.25, 0.3) is 10.9 Å². The number of methoxy groups -OCH3 is 2. The lowest BCUT2D eigenvalue weighted by atomic mass is 10.2. The highest BCUT2D eigenvalue weighted by Gasteiger charge is 2.22. The predicted molar refractivity (Wildman–Crippen MR) is 98.9 cm³/mol. The van der Waals surface area contributed by atoms with Gasteiger partial charge in [0.1, 0.15) is 12.1 Å². The topological polar surface area (TPSA) is 71.0 Å². The van der Waals surface area contributed by atoms with Crippen molar-refractivity contribution in [2.75, 3.05) is 45.3 Å². The van der Waals surface area contributed by atoms with E-state index in [0.717, 1.165) is 29.8 Å². The van der Waals surface area contributed by atoms with Crippen molar-refractivity contribution in [3.05, 3.63) is 18.5 Å². The minimum atomic E-state index is -0.0522. The van der Waals surface area contributed by atoms with Gasteiger partial charge in [0.25, 0.3) is 5.17 Å². The summed E-state index contributed by atoms with van der Waals surface area (Å²) >= 11 is 4.82. The van der Waals surface area contributed by atoms with Crippen LogP contribution in [-0.2, 0) is 0 Å². The second kappa shape index (κ2) is 7.67. The summed E-state index contributed by atoms with van der Waals surface area (Å²) in [6.45, 7) is 2.77. The summed E-state index contributed by atoms with van der Waals surface area (Å²) in [6.07, 6.45) is 1.55. The molecule has 7 nitrogen and oxygen atoms in total. The molecule has 1 N–H and O–H groups in total. The summed E-state index contributed by atoms with van der Waals surface area (Å²) in [4.78, 5) is 12.7. The van der Waals surface area contributed by atoms with Crippen LogP contribution in [-0.4, -0.2) is 65.5 Å². The fourth-order valence-corrected chi connectivity index (χ4v) is 2.91. The van der Waals surface area contributed by atoms with Gasteiger partial charge >= 0.3 is 0 Å². The summed E-state index contributed by atoms with van der Waals surface area (Å²) in [5.74, 6) is 2.13. The minimum absolute atomic E-state index is 0. The van der Waals surface area contributed by atoms with E-state index in [9.17, 15) is 5.11 Å². The highest BCUT2D eigenvalue weighted by atomic mass is 35.5. The Morgan fingerprint density at radius 2 is 1.71 bits per heavy atom. The van der Waals surface area contributed by atoms with E-state index in [4.69, 9.17) is 21.7 Å². The highest BCUT2D eigenvalue weighted by Crippen LogP contribution is 2.34. The molecular weight excluding hydrogens is 352 g/mol. The highest BCUT2D eigenvalue weighted by molar-refractivity contribution is 7.79. The number of benzene rings is 1. The number of nitrogens with zero attached hydrogens (tertiary/aromatic N) is 4. The molecule has 1 aromatic heterocycles. The number of aliphatic hydroxyl groups excluding tert-OH is 1. The summed E-state index contributed by atoms with van der Waals surface area (Å²) < 4.78 is 10.7. The van der Waals surface area contributed by atoms with Gasteiger partial charge in [-0.25, -0.2) is 9.97 Å². The summed E-state index contributed by atoms with van der Waals surface area (Å²) in [5, 5.41) is 10.3. The number of hydrogen-bond acceptors (Lipinski definition) is 6. The molecule has 1 aliphatic rings. The summed E-state index contributed by atoms with van der Waals surface area (Å²) in [5.41, 5.74) is 0.799. The Morgan fingerprint density at radius 3 is 2.29 bits per heavy atom. The van der Waals surface area contributed by atoms with Gasteiger partial charge in [0, 0.05) is 37.6 Å². The number of rotatable bonds is 3. The molecule has 1 aliphatic heterocycles. The zero-order valence-corrected chi connectivity index (χ0v) is 15.1. The largest absolute Gasteiger partial charge is 0.493 e. The first-order valence-electron chi connectivity index (χ1n) is 7.23. The average Bonchev–Trinajstić information content (AvgIpc) is 2.60. The van der Waals surface area contributed by atoms with Crippen molar-refractivity contribution in [3.8, 4) is 11.5 Å². The van der Waals surface area contributed by atoms with Crippen molar-refractivity contribution in [2.24, 2.45) is 0 Å². The molecule has 0 bridgehead atoms. The van der Waals surface area contributed by atoms with E-state index >= 15 is 0 Å². The molecule has 3 rings (SSSR count). The number of ether oxygens (including phenoxy) is 2. The molecular formula is C15H19ClN4O3S. The van der Waals surface area contributed by atoms with E-state index < -0.39 is 0 Å². The van der Waals surface area contributed by atoms with Crippen LogP contribution < -0.4 is 14.4 Å². The smallest absolute Gasteiger partial charge is 0.256 e. The predicted octanol–water partition coefficient (Wildman–Crippen LogP) is 2.03. The van der Waals surface area contributed by atoms with Gasteiger partial charge in [0.2, 0.25) is 0 Å². The van der Waals surface area contributed by atoms with Crippen LogP contribution in [0.3, 0.4) is 0 Å². The Kier molecular flexibility index (Phi) is 5.84. The van der Waals surface area contributed by atoms with E-state index in [1.807, 2.05) is 12.1 Å². The average molecular weight is 371 g/mol. The molecule has 0 aliphatic carbocycles. The van der Waals surface area contributed by atoms with Gasteiger partial charge in [-0.05, 0) is 18.3 Å². The Balaban J connectivity index is 0.00000208. The quantitative estimate of drug-likeness (QED) is 0.823. The molecule has 0 unspecified atom stereocenters. The summed E-state index contributed by atoms with van der Waals surface area (Å²) in [7, 11) is 3.21. The third-order valence-corrected chi connectivity index (χ3v) is 4.23. The third-order valence-electron chi connectivity index (χ3n) is 3.97. The van der Waals surface area contributed by atoms with Crippen molar-refractivity contribution in [1.82, 2.24) is 14.9 Å². The zero-order valence-electron chi connectivity index (χ0n) is 13.4. The first-order valence-corrected chi connectivity index (χ1v) is 7.64. The Morgan fingerprint density at radius 1 is 1.08 bits per heavy atom. The van der Waals surface area contributed by atoms with E-state index in [0.29, 0.717) is 24.6 Å². The molecule has 2 heterocycles. The Labute approximate surface area is 151 Å². The third kappa shape index (κ3) is 3.39. The maximum atomic E-state index is 9.41. The van der Waals surface area contributed by atoms with E-state index in [-0.39, 0.29) is 17.6 Å². The fourth-order valence-electron chi connectivity index (χ4n) is 2.73. The van der Waals surface area contributed by atoms with Crippen LogP contribution in [0.4, 0.5) is 5.82 Å². The van der Waals surface area contributed by atoms with Crippen molar-refractivity contribution < 1.29 is 14.6 Å². The van der Waals surface area contributed by atoms with Crippen LogP contribution >= 0.6 is 24.6 Å². The normalized spacial score (nSPS) is 14.2. The first kappa shape index (κ1) is 18.3. The van der Waals surface area contributed by atoms with Gasteiger partial charge in [0.05, 0.1) is 19.7 Å². The van der Waals surface area contributed by atoms with Gasteiger partial charge in [-0.1, -0.05) is 0 Å². The maximum Gasteiger partial charge on any atom is 0.256 e. The molecule has 1 saturated heterocycles. The lowest BCUT2D eigenvalue weighted by Gasteiger charge is -2.35. The lowest BCUT2D eigenvalue weighted by molar-refractivity contribution is 0.325. The number of hydrogen-bond donors (Lipinski definition) is 1. The van der Waals surface area contributed by atoms with Gasteiger partial charge in [0.15, 0.2) is 11.5 Å². The Bertz CT molecular complexity index is 738. The van der Waals surface area contributed by atoms with Crippen molar-refractivity contribution in [2.45, 2.75) is 0 Å². The number of aliphatic hydroxyl groups is 1. The Hall–Kier alpha value is -2.06. The van der Waals surface area contributed by atoms with Crippen molar-refractivity contribution >= 4 is 46.5 Å². The molecule has 24 heavy (non-hydrogen) atoms. The molecule has 9 heteroatoms. The molecule has 1 aromatic carbocycles. The molecule has 2 aromatic rings. The molecule has 0 atom stereocenters. The number of fused-ring (bicyclic) bond motifs is 1. The lowest BCUT2D eigenvalue weighted by Crippen LogP contribution is -2.48. The molecule has 0 amide bonds. The number of piperazine rings is 1. The van der Waals surface area contributed by atoms with Crippen molar-refractivity contribution in [3.63, 3.8) is 0 Å². The first-order chi connectivity index (χ1) is 11.1. The molecule has 0 saturated carbocycles. The van der Waals surface area contributed by atoms with Gasteiger partial charge < -0.3 is 24.4 Å². The molecule has 130 valence electrons. The van der Waals surface area contributed by atoms with Crippen LogP contribution in [0.1, 0.15) is 0 Å². The second-order valence-corrected chi connectivity index (χ2v) is 5.54. The second-order valence-electron chi connectivity index (χ2n) is 5.18. The van der Waals surface area contributed by atoms with Crippen LogP contribution in [0.15, 0.2) is 18.5 Å². The van der Waals surface area contributed by atoms with E-state index in [1.54, 1.807) is 25.4 Å². The zero-order chi connectivity index (χ0) is 16.4. The fraction of sp³-hybridized carbons (Fsp3) is 0.400.